The third-order valence-electron chi connectivity index (χ3n) is 3.81. The molecule has 0 spiro atoms. The number of amides is 1. The van der Waals surface area contributed by atoms with Crippen molar-refractivity contribution in [3.63, 3.8) is 0 Å². The van der Waals surface area contributed by atoms with E-state index in [2.05, 4.69) is 24.3 Å². The van der Waals surface area contributed by atoms with Crippen LogP contribution in [0.3, 0.4) is 0 Å². The van der Waals surface area contributed by atoms with Crippen molar-refractivity contribution in [1.29, 1.82) is 0 Å². The monoisotopic (exact) mass is 259 g/mol. The van der Waals surface area contributed by atoms with E-state index < -0.39 is 0 Å². The molecule has 2 nitrogen and oxygen atoms in total. The largest absolute Gasteiger partial charge is 0.280 e. The first-order chi connectivity index (χ1) is 9.84. The van der Waals surface area contributed by atoms with Crippen molar-refractivity contribution < 1.29 is 4.79 Å². The minimum atomic E-state index is 0.141. The first-order valence-corrected chi connectivity index (χ1v) is 6.73. The molecule has 1 heterocycles. The molecule has 1 aliphatic heterocycles. The van der Waals surface area contributed by atoms with Crippen LogP contribution in [0, 0.1) is 0 Å². The molecular formula is C18H13NO. The van der Waals surface area contributed by atoms with Gasteiger partial charge in [-0.1, -0.05) is 54.6 Å². The molecule has 0 aromatic heterocycles. The molecule has 2 heteroatoms. The van der Waals surface area contributed by atoms with Crippen LogP contribution in [0.4, 0.5) is 11.4 Å². The fourth-order valence-corrected chi connectivity index (χ4v) is 2.92. The smallest absolute Gasteiger partial charge is 0.236 e. The van der Waals surface area contributed by atoms with Gasteiger partial charge in [0.15, 0.2) is 0 Å². The number of carbonyl (C=O) groups excluding carboxylic acids is 1. The van der Waals surface area contributed by atoms with Crippen LogP contribution in [0.15, 0.2) is 66.7 Å². The van der Waals surface area contributed by atoms with E-state index in [-0.39, 0.29) is 5.91 Å². The maximum atomic E-state index is 12.4. The van der Waals surface area contributed by atoms with Crippen LogP contribution in [0.25, 0.3) is 10.8 Å². The molecule has 1 aliphatic rings. The van der Waals surface area contributed by atoms with Crippen molar-refractivity contribution >= 4 is 28.1 Å². The van der Waals surface area contributed by atoms with Crippen molar-refractivity contribution in [2.75, 3.05) is 4.90 Å². The highest BCUT2D eigenvalue weighted by molar-refractivity contribution is 6.14. The van der Waals surface area contributed by atoms with Crippen LogP contribution in [-0.2, 0) is 11.2 Å². The summed E-state index contributed by atoms with van der Waals surface area (Å²) in [5.74, 6) is 0.141. The number of fused-ring (bicyclic) bond motifs is 3. The zero-order chi connectivity index (χ0) is 13.5. The molecule has 0 aliphatic carbocycles. The van der Waals surface area contributed by atoms with E-state index in [1.54, 1.807) is 0 Å². The van der Waals surface area contributed by atoms with Crippen molar-refractivity contribution in [2.24, 2.45) is 0 Å². The molecule has 0 saturated carbocycles. The Hall–Kier alpha value is -2.61. The molecule has 4 rings (SSSR count). The van der Waals surface area contributed by atoms with Gasteiger partial charge in [-0.3, -0.25) is 9.69 Å². The Morgan fingerprint density at radius 2 is 1.55 bits per heavy atom. The summed E-state index contributed by atoms with van der Waals surface area (Å²) in [5.41, 5.74) is 3.09. The van der Waals surface area contributed by atoms with Gasteiger partial charge < -0.3 is 0 Å². The maximum absolute atomic E-state index is 12.4. The van der Waals surface area contributed by atoms with Crippen molar-refractivity contribution in [2.45, 2.75) is 6.42 Å². The molecule has 1 amide bonds. The minimum absolute atomic E-state index is 0.141. The second-order valence-electron chi connectivity index (χ2n) is 5.04. The van der Waals surface area contributed by atoms with Crippen molar-refractivity contribution in [1.82, 2.24) is 0 Å². The highest BCUT2D eigenvalue weighted by atomic mass is 16.2. The Morgan fingerprint density at radius 1 is 0.800 bits per heavy atom. The molecule has 0 bridgehead atoms. The molecule has 0 N–H and O–H groups in total. The quantitative estimate of drug-likeness (QED) is 0.645. The highest BCUT2D eigenvalue weighted by Gasteiger charge is 2.29. The first-order valence-electron chi connectivity index (χ1n) is 6.73. The van der Waals surface area contributed by atoms with Crippen molar-refractivity contribution in [3.8, 4) is 0 Å². The molecule has 0 saturated heterocycles. The number of hydrogen-bond acceptors (Lipinski definition) is 1. The molecule has 0 fully saturated rings. The number of hydrogen-bond donors (Lipinski definition) is 0. The van der Waals surface area contributed by atoms with E-state index in [9.17, 15) is 4.79 Å². The molecule has 3 aromatic rings. The lowest BCUT2D eigenvalue weighted by molar-refractivity contribution is -0.116. The number of benzene rings is 3. The Morgan fingerprint density at radius 3 is 2.40 bits per heavy atom. The van der Waals surface area contributed by atoms with E-state index in [1.807, 2.05) is 47.4 Å². The van der Waals surface area contributed by atoms with Gasteiger partial charge in [-0.25, -0.2) is 0 Å². The van der Waals surface area contributed by atoms with Gasteiger partial charge in [-0.05, 0) is 23.1 Å². The van der Waals surface area contributed by atoms with Crippen molar-refractivity contribution in [3.05, 3.63) is 72.3 Å². The number of carbonyl (C=O) groups is 1. The maximum Gasteiger partial charge on any atom is 0.236 e. The van der Waals surface area contributed by atoms with Gasteiger partial charge >= 0.3 is 0 Å². The summed E-state index contributed by atoms with van der Waals surface area (Å²) < 4.78 is 0. The Balaban J connectivity index is 2.02. The molecule has 0 atom stereocenters. The molecular weight excluding hydrogens is 246 g/mol. The van der Waals surface area contributed by atoms with Crippen LogP contribution in [0.5, 0.6) is 0 Å². The number of nitrogens with zero attached hydrogens (tertiary/aromatic N) is 1. The van der Waals surface area contributed by atoms with Crippen LogP contribution < -0.4 is 4.90 Å². The molecule has 3 aromatic carbocycles. The summed E-state index contributed by atoms with van der Waals surface area (Å²) in [6.45, 7) is 0. The summed E-state index contributed by atoms with van der Waals surface area (Å²) in [4.78, 5) is 14.2. The predicted molar refractivity (Wildman–Crippen MR) is 81.2 cm³/mol. The third kappa shape index (κ3) is 1.55. The first kappa shape index (κ1) is 11.2. The predicted octanol–water partition coefficient (Wildman–Crippen LogP) is 4.06. The van der Waals surface area contributed by atoms with Gasteiger partial charge in [0.1, 0.15) is 0 Å². The van der Waals surface area contributed by atoms with Gasteiger partial charge in [0, 0.05) is 11.1 Å². The van der Waals surface area contributed by atoms with E-state index >= 15 is 0 Å². The third-order valence-corrected chi connectivity index (χ3v) is 3.81. The van der Waals surface area contributed by atoms with Crippen LogP contribution in [-0.4, -0.2) is 5.91 Å². The number of para-hydroxylation sites is 1. The van der Waals surface area contributed by atoms with E-state index in [0.29, 0.717) is 6.42 Å². The van der Waals surface area contributed by atoms with E-state index in [1.165, 1.54) is 5.39 Å². The standard InChI is InChI=1S/C18H13NO/c20-17-12-14-11-10-13-6-4-5-9-16(13)18(14)19(17)15-7-2-1-3-8-15/h1-11H,12H2. The Labute approximate surface area is 117 Å². The summed E-state index contributed by atoms with van der Waals surface area (Å²) in [6, 6.07) is 22.2. The highest BCUT2D eigenvalue weighted by Crippen LogP contribution is 2.40. The number of anilines is 2. The molecule has 96 valence electrons. The Kier molecular flexibility index (Phi) is 2.36. The van der Waals surface area contributed by atoms with Gasteiger partial charge in [0.05, 0.1) is 12.1 Å². The molecule has 0 unspecified atom stereocenters. The Bertz CT molecular complexity index is 808. The lowest BCUT2D eigenvalue weighted by atomic mass is 10.0. The lowest BCUT2D eigenvalue weighted by Crippen LogP contribution is -2.20. The van der Waals surface area contributed by atoms with Crippen LogP contribution >= 0.6 is 0 Å². The van der Waals surface area contributed by atoms with Gasteiger partial charge in [0.2, 0.25) is 5.91 Å². The minimum Gasteiger partial charge on any atom is -0.280 e. The summed E-state index contributed by atoms with van der Waals surface area (Å²) in [6.07, 6.45) is 0.481. The van der Waals surface area contributed by atoms with E-state index in [0.717, 1.165) is 22.3 Å². The van der Waals surface area contributed by atoms with Crippen LogP contribution in [0.2, 0.25) is 0 Å². The second-order valence-corrected chi connectivity index (χ2v) is 5.04. The van der Waals surface area contributed by atoms with Gasteiger partial charge in [-0.15, -0.1) is 0 Å². The summed E-state index contributed by atoms with van der Waals surface area (Å²) >= 11 is 0. The average molecular weight is 259 g/mol. The van der Waals surface area contributed by atoms with Gasteiger partial charge in [0.25, 0.3) is 0 Å². The lowest BCUT2D eigenvalue weighted by Gasteiger charge is -2.19. The van der Waals surface area contributed by atoms with Gasteiger partial charge in [-0.2, -0.15) is 0 Å². The normalized spacial score (nSPS) is 13.8. The van der Waals surface area contributed by atoms with E-state index in [4.69, 9.17) is 0 Å². The molecule has 20 heavy (non-hydrogen) atoms. The topological polar surface area (TPSA) is 20.3 Å². The number of rotatable bonds is 1. The molecule has 0 radical (unpaired) electrons. The zero-order valence-electron chi connectivity index (χ0n) is 10.9. The summed E-state index contributed by atoms with van der Waals surface area (Å²) in [7, 11) is 0. The average Bonchev–Trinajstić information content (AvgIpc) is 2.84. The fraction of sp³-hybridized carbons (Fsp3) is 0.0556. The second kappa shape index (κ2) is 4.20. The SMILES string of the molecule is O=C1Cc2ccc3ccccc3c2N1c1ccccc1. The fourth-order valence-electron chi connectivity index (χ4n) is 2.92. The van der Waals surface area contributed by atoms with Crippen LogP contribution in [0.1, 0.15) is 5.56 Å². The zero-order valence-corrected chi connectivity index (χ0v) is 10.9. The summed E-state index contributed by atoms with van der Waals surface area (Å²) in [5, 5.41) is 2.31.